The highest BCUT2D eigenvalue weighted by atomic mass is 16.5. The van der Waals surface area contributed by atoms with Crippen molar-refractivity contribution in [2.24, 2.45) is 5.10 Å². The van der Waals surface area contributed by atoms with Crippen LogP contribution in [0.5, 0.6) is 11.5 Å². The van der Waals surface area contributed by atoms with E-state index in [1.807, 2.05) is 36.4 Å². The van der Waals surface area contributed by atoms with Crippen molar-refractivity contribution in [3.05, 3.63) is 108 Å². The third-order valence-corrected chi connectivity index (χ3v) is 4.85. The van der Waals surface area contributed by atoms with Crippen LogP contribution in [0.3, 0.4) is 0 Å². The molecule has 32 heavy (non-hydrogen) atoms. The monoisotopic (exact) mass is 424 g/mol. The summed E-state index contributed by atoms with van der Waals surface area (Å²) < 4.78 is 10.8. The molecule has 6 heteroatoms. The van der Waals surface area contributed by atoms with Gasteiger partial charge in [-0.25, -0.2) is 10.2 Å². The summed E-state index contributed by atoms with van der Waals surface area (Å²) in [6, 6.07) is 26.7. The number of carbonyl (C=O) groups is 2. The summed E-state index contributed by atoms with van der Waals surface area (Å²) in [5.74, 6) is 0.162. The molecule has 0 radical (unpaired) electrons. The van der Waals surface area contributed by atoms with Gasteiger partial charge in [-0.1, -0.05) is 48.5 Å². The van der Waals surface area contributed by atoms with Crippen molar-refractivity contribution in [3.63, 3.8) is 0 Å². The maximum absolute atomic E-state index is 12.6. The largest absolute Gasteiger partial charge is 0.497 e. The van der Waals surface area contributed by atoms with Crippen molar-refractivity contribution in [1.29, 1.82) is 0 Å². The maximum atomic E-state index is 12.6. The van der Waals surface area contributed by atoms with Gasteiger partial charge < -0.3 is 9.47 Å². The van der Waals surface area contributed by atoms with Crippen LogP contribution >= 0.6 is 0 Å². The first-order valence-electron chi connectivity index (χ1n) is 9.92. The highest BCUT2D eigenvalue weighted by Crippen LogP contribution is 2.27. The molecule has 0 aromatic heterocycles. The molecule has 0 aliphatic heterocycles. The number of benzene rings is 4. The van der Waals surface area contributed by atoms with Gasteiger partial charge in [0, 0.05) is 11.1 Å². The number of esters is 1. The van der Waals surface area contributed by atoms with Gasteiger partial charge in [0.05, 0.1) is 18.9 Å². The number of methoxy groups -OCH3 is 1. The molecule has 4 aromatic carbocycles. The van der Waals surface area contributed by atoms with E-state index in [2.05, 4.69) is 10.5 Å². The summed E-state index contributed by atoms with van der Waals surface area (Å²) in [5.41, 5.74) is 3.98. The van der Waals surface area contributed by atoms with E-state index in [0.29, 0.717) is 28.2 Å². The minimum absolute atomic E-state index is 0.347. The standard InChI is InChI=1S/C26H20N2O4/c1-31-21-14-11-19(12-15-21)25(29)28-27-17-23-22-10-6-5-7-18(22)13-16-24(23)32-26(30)20-8-3-2-4-9-20/h2-17H,1H3,(H,28,29)/b27-17+. The van der Waals surface area contributed by atoms with E-state index in [1.165, 1.54) is 6.21 Å². The first kappa shape index (κ1) is 20.8. The lowest BCUT2D eigenvalue weighted by atomic mass is 10.0. The predicted molar refractivity (Wildman–Crippen MR) is 123 cm³/mol. The zero-order valence-electron chi connectivity index (χ0n) is 17.3. The molecule has 0 aliphatic carbocycles. The highest BCUT2D eigenvalue weighted by Gasteiger charge is 2.13. The minimum atomic E-state index is -0.474. The number of fused-ring (bicyclic) bond motifs is 1. The molecule has 0 aliphatic rings. The Morgan fingerprint density at radius 3 is 2.28 bits per heavy atom. The molecular formula is C26H20N2O4. The molecular weight excluding hydrogens is 404 g/mol. The topological polar surface area (TPSA) is 77.0 Å². The summed E-state index contributed by atoms with van der Waals surface area (Å²) in [5, 5.41) is 5.90. The molecule has 0 saturated heterocycles. The predicted octanol–water partition coefficient (Wildman–Crippen LogP) is 4.83. The summed E-state index contributed by atoms with van der Waals surface area (Å²) >= 11 is 0. The van der Waals surface area contributed by atoms with Gasteiger partial charge in [-0.2, -0.15) is 5.10 Å². The highest BCUT2D eigenvalue weighted by molar-refractivity contribution is 6.04. The fourth-order valence-corrected chi connectivity index (χ4v) is 3.19. The first-order chi connectivity index (χ1) is 15.7. The van der Waals surface area contributed by atoms with Gasteiger partial charge in [0.2, 0.25) is 0 Å². The van der Waals surface area contributed by atoms with E-state index in [9.17, 15) is 9.59 Å². The van der Waals surface area contributed by atoms with Gasteiger partial charge in [0.15, 0.2) is 0 Å². The van der Waals surface area contributed by atoms with Gasteiger partial charge in [-0.05, 0) is 53.2 Å². The quantitative estimate of drug-likeness (QED) is 0.208. The van der Waals surface area contributed by atoms with E-state index < -0.39 is 5.97 Å². The molecule has 0 atom stereocenters. The van der Waals surface area contributed by atoms with Crippen molar-refractivity contribution in [2.75, 3.05) is 7.11 Å². The number of amides is 1. The lowest BCUT2D eigenvalue weighted by molar-refractivity contribution is 0.0734. The van der Waals surface area contributed by atoms with Crippen molar-refractivity contribution >= 4 is 28.9 Å². The maximum Gasteiger partial charge on any atom is 0.343 e. The molecule has 1 amide bonds. The number of rotatable bonds is 6. The lowest BCUT2D eigenvalue weighted by Crippen LogP contribution is -2.17. The Morgan fingerprint density at radius 2 is 1.53 bits per heavy atom. The number of carbonyl (C=O) groups excluding carboxylic acids is 2. The van der Waals surface area contributed by atoms with Gasteiger partial charge in [0.25, 0.3) is 5.91 Å². The Kier molecular flexibility index (Phi) is 6.22. The van der Waals surface area contributed by atoms with Crippen molar-refractivity contribution < 1.29 is 19.1 Å². The molecule has 0 fully saturated rings. The van der Waals surface area contributed by atoms with Crippen LogP contribution in [-0.2, 0) is 0 Å². The fourth-order valence-electron chi connectivity index (χ4n) is 3.19. The summed E-state index contributed by atoms with van der Waals surface area (Å²) in [7, 11) is 1.56. The van der Waals surface area contributed by atoms with E-state index in [4.69, 9.17) is 9.47 Å². The van der Waals surface area contributed by atoms with Crippen LogP contribution < -0.4 is 14.9 Å². The van der Waals surface area contributed by atoms with Gasteiger partial charge >= 0.3 is 5.97 Å². The van der Waals surface area contributed by atoms with Gasteiger partial charge in [0.1, 0.15) is 11.5 Å². The second-order valence-electron chi connectivity index (χ2n) is 6.88. The number of hydrogen-bond donors (Lipinski definition) is 1. The zero-order valence-corrected chi connectivity index (χ0v) is 17.3. The van der Waals surface area contributed by atoms with E-state index in [0.717, 1.165) is 10.8 Å². The second kappa shape index (κ2) is 9.57. The van der Waals surface area contributed by atoms with E-state index in [-0.39, 0.29) is 5.91 Å². The summed E-state index contributed by atoms with van der Waals surface area (Å²) in [6.45, 7) is 0. The first-order valence-corrected chi connectivity index (χ1v) is 9.92. The number of nitrogens with zero attached hydrogens (tertiary/aromatic N) is 1. The Morgan fingerprint density at radius 1 is 0.812 bits per heavy atom. The SMILES string of the molecule is COc1ccc(C(=O)N/N=C/c2c(OC(=O)c3ccccc3)ccc3ccccc23)cc1. The lowest BCUT2D eigenvalue weighted by Gasteiger charge is -2.10. The van der Waals surface area contributed by atoms with Crippen LogP contribution in [0.2, 0.25) is 0 Å². The number of hydrazone groups is 1. The van der Waals surface area contributed by atoms with Crippen LogP contribution in [-0.4, -0.2) is 25.2 Å². The third kappa shape index (κ3) is 4.65. The fraction of sp³-hybridized carbons (Fsp3) is 0.0385. The van der Waals surface area contributed by atoms with Crippen molar-refractivity contribution in [3.8, 4) is 11.5 Å². The van der Waals surface area contributed by atoms with E-state index in [1.54, 1.807) is 61.7 Å². The summed E-state index contributed by atoms with van der Waals surface area (Å²) in [6.07, 6.45) is 1.48. The Balaban J connectivity index is 1.60. The van der Waals surface area contributed by atoms with Crippen molar-refractivity contribution in [1.82, 2.24) is 5.43 Å². The molecule has 0 spiro atoms. The van der Waals surface area contributed by atoms with Gasteiger partial charge in [-0.15, -0.1) is 0 Å². The molecule has 6 nitrogen and oxygen atoms in total. The smallest absolute Gasteiger partial charge is 0.343 e. The van der Waals surface area contributed by atoms with E-state index >= 15 is 0 Å². The summed E-state index contributed by atoms with van der Waals surface area (Å²) in [4.78, 5) is 25.0. The molecule has 0 unspecified atom stereocenters. The third-order valence-electron chi connectivity index (χ3n) is 4.85. The normalized spacial score (nSPS) is 10.8. The van der Waals surface area contributed by atoms with Gasteiger partial charge in [-0.3, -0.25) is 4.79 Å². The minimum Gasteiger partial charge on any atom is -0.497 e. The molecule has 0 saturated carbocycles. The van der Waals surface area contributed by atoms with Crippen LogP contribution in [0.15, 0.2) is 96.1 Å². The number of ether oxygens (including phenoxy) is 2. The Labute approximate surface area is 185 Å². The Hall–Kier alpha value is -4.45. The number of nitrogens with one attached hydrogen (secondary N) is 1. The van der Waals surface area contributed by atoms with Crippen molar-refractivity contribution in [2.45, 2.75) is 0 Å². The zero-order chi connectivity index (χ0) is 22.3. The van der Waals surface area contributed by atoms with Crippen LogP contribution in [0.4, 0.5) is 0 Å². The average molecular weight is 424 g/mol. The molecule has 0 bridgehead atoms. The van der Waals surface area contributed by atoms with Crippen LogP contribution in [0.1, 0.15) is 26.3 Å². The second-order valence-corrected chi connectivity index (χ2v) is 6.88. The Bertz CT molecular complexity index is 1280. The van der Waals surface area contributed by atoms with Crippen LogP contribution in [0, 0.1) is 0 Å². The molecule has 0 heterocycles. The molecule has 4 aromatic rings. The average Bonchev–Trinajstić information content (AvgIpc) is 2.85. The molecule has 158 valence electrons. The molecule has 4 rings (SSSR count). The number of hydrogen-bond acceptors (Lipinski definition) is 5. The molecule has 1 N–H and O–H groups in total. The van der Waals surface area contributed by atoms with Crippen LogP contribution in [0.25, 0.3) is 10.8 Å².